The number of carbonyl (C=O) groups excluding carboxylic acids is 4. The van der Waals surface area contributed by atoms with Gasteiger partial charge in [-0.3, -0.25) is 15.0 Å². The fraction of sp³-hybridized carbons (Fsp3) is 0.590. The monoisotopic (exact) mass is 803 g/mol. The lowest BCUT2D eigenvalue weighted by atomic mass is 9.79. The summed E-state index contributed by atoms with van der Waals surface area (Å²) < 4.78 is 55.0. The number of hydrazine groups is 1. The molecule has 1 heterocycles. The minimum atomic E-state index is -4.41. The van der Waals surface area contributed by atoms with Gasteiger partial charge in [0.15, 0.2) is 18.2 Å². The summed E-state index contributed by atoms with van der Waals surface area (Å²) >= 11 is 0. The smallest absolute Gasteiger partial charge is 0.408 e. The summed E-state index contributed by atoms with van der Waals surface area (Å²) in [5, 5.41) is 5.46. The normalized spacial score (nSPS) is 18.7. The van der Waals surface area contributed by atoms with Crippen LogP contribution in [0.4, 0.5) is 19.7 Å². The number of carbonyl (C=O) groups is 4. The fourth-order valence-electron chi connectivity index (χ4n) is 6.67. The first-order valence-corrected chi connectivity index (χ1v) is 23.7. The Morgan fingerprint density at radius 3 is 2.33 bits per heavy atom. The second-order valence-corrected chi connectivity index (χ2v) is 23.2. The van der Waals surface area contributed by atoms with E-state index in [4.69, 9.17) is 9.16 Å². The van der Waals surface area contributed by atoms with Crippen LogP contribution in [0.3, 0.4) is 0 Å². The standard InChI is InChI=1S/C39H58FN5O8SSi/c1-9-13-27(3)53-37(49)41-31-25-54(50,51)33-23-30(40)29(22-32(33)45(35(31)47)24-28-16-14-26(2)15-17-28)34(46)43-44-36(48)42-39(18-11-10-12-19-39)20-21-52-55(7,8)38(4,5)6/h14-17,22-23,27,31H,9-13,18-21,24-25H2,1-8H3,(H,41,49)(H,43,46)(H2,42,44,48)/t27?,31-/m0/s1. The van der Waals surface area contributed by atoms with Gasteiger partial charge in [0, 0.05) is 12.1 Å². The number of alkyl carbamates (subject to hydrolysis) is 1. The summed E-state index contributed by atoms with van der Waals surface area (Å²) in [5.41, 5.74) is 4.72. The maximum Gasteiger partial charge on any atom is 0.408 e. The van der Waals surface area contributed by atoms with Gasteiger partial charge in [-0.05, 0) is 75.4 Å². The molecule has 1 unspecified atom stereocenters. The van der Waals surface area contributed by atoms with Crippen molar-refractivity contribution >= 4 is 47.8 Å². The van der Waals surface area contributed by atoms with Crippen LogP contribution in [0.15, 0.2) is 41.3 Å². The molecule has 2 aliphatic rings. The zero-order chi connectivity index (χ0) is 40.8. The zero-order valence-electron chi connectivity index (χ0n) is 33.4. The zero-order valence-corrected chi connectivity index (χ0v) is 35.2. The fourth-order valence-corrected chi connectivity index (χ4v) is 9.33. The van der Waals surface area contributed by atoms with Crippen LogP contribution < -0.4 is 26.4 Å². The minimum Gasteiger partial charge on any atom is -0.447 e. The number of fused-ring (bicyclic) bond motifs is 1. The van der Waals surface area contributed by atoms with Crippen LogP contribution in [0.25, 0.3) is 0 Å². The number of urea groups is 1. The van der Waals surface area contributed by atoms with Gasteiger partial charge < -0.3 is 24.7 Å². The van der Waals surface area contributed by atoms with E-state index < -0.39 is 81.8 Å². The molecular formula is C39H58FN5O8SSi. The molecule has 1 fully saturated rings. The summed E-state index contributed by atoms with van der Waals surface area (Å²) in [7, 11) is -6.43. The molecule has 55 heavy (non-hydrogen) atoms. The molecule has 0 aromatic heterocycles. The highest BCUT2D eigenvalue weighted by atomic mass is 32.2. The van der Waals surface area contributed by atoms with E-state index in [0.717, 1.165) is 55.1 Å². The van der Waals surface area contributed by atoms with Crippen molar-refractivity contribution in [1.29, 1.82) is 0 Å². The summed E-state index contributed by atoms with van der Waals surface area (Å²) in [6, 6.07) is 6.55. The van der Waals surface area contributed by atoms with Crippen molar-refractivity contribution in [2.24, 2.45) is 0 Å². The molecule has 0 spiro atoms. The van der Waals surface area contributed by atoms with Crippen LogP contribution in [0.2, 0.25) is 18.1 Å². The number of halogens is 1. The maximum atomic E-state index is 15.7. The van der Waals surface area contributed by atoms with Crippen LogP contribution >= 0.6 is 0 Å². The van der Waals surface area contributed by atoms with E-state index in [-0.39, 0.29) is 17.3 Å². The van der Waals surface area contributed by atoms with E-state index >= 15 is 4.39 Å². The molecule has 16 heteroatoms. The average Bonchev–Trinajstić information content (AvgIpc) is 3.16. The van der Waals surface area contributed by atoms with Gasteiger partial charge in [-0.1, -0.05) is 83.2 Å². The second-order valence-electron chi connectivity index (χ2n) is 16.4. The number of sulfone groups is 1. The van der Waals surface area contributed by atoms with Gasteiger partial charge >= 0.3 is 12.1 Å². The molecule has 0 radical (unpaired) electrons. The lowest BCUT2D eigenvalue weighted by Gasteiger charge is -2.41. The van der Waals surface area contributed by atoms with Crippen LogP contribution in [-0.4, -0.2) is 70.7 Å². The van der Waals surface area contributed by atoms with Crippen molar-refractivity contribution in [3.63, 3.8) is 0 Å². The van der Waals surface area contributed by atoms with Crippen LogP contribution in [0, 0.1) is 12.7 Å². The number of amides is 5. The van der Waals surface area contributed by atoms with E-state index in [0.29, 0.717) is 31.1 Å². The van der Waals surface area contributed by atoms with Crippen molar-refractivity contribution in [2.45, 2.75) is 140 Å². The molecule has 0 saturated heterocycles. The van der Waals surface area contributed by atoms with Crippen LogP contribution in [0.1, 0.15) is 107 Å². The van der Waals surface area contributed by atoms with Gasteiger partial charge in [0.1, 0.15) is 18.0 Å². The van der Waals surface area contributed by atoms with Crippen molar-refractivity contribution in [3.8, 4) is 0 Å². The Morgan fingerprint density at radius 1 is 1.05 bits per heavy atom. The first kappa shape index (κ1) is 43.7. The van der Waals surface area contributed by atoms with Gasteiger partial charge in [-0.25, -0.2) is 27.8 Å². The third kappa shape index (κ3) is 11.3. The summed E-state index contributed by atoms with van der Waals surface area (Å²) in [4.78, 5) is 54.2. The van der Waals surface area contributed by atoms with Crippen molar-refractivity contribution in [2.75, 3.05) is 17.3 Å². The highest BCUT2D eigenvalue weighted by molar-refractivity contribution is 7.91. The molecule has 1 aliphatic heterocycles. The number of anilines is 1. The Hall–Kier alpha value is -4.02. The van der Waals surface area contributed by atoms with Gasteiger partial charge in [0.2, 0.25) is 0 Å². The quantitative estimate of drug-likeness (QED) is 0.134. The van der Waals surface area contributed by atoms with E-state index in [1.165, 1.54) is 0 Å². The summed E-state index contributed by atoms with van der Waals surface area (Å²) in [6.07, 6.45) is 4.79. The van der Waals surface area contributed by atoms with Gasteiger partial charge in [0.25, 0.3) is 11.8 Å². The lowest BCUT2D eigenvalue weighted by Crippen LogP contribution is -2.57. The van der Waals surface area contributed by atoms with E-state index in [1.54, 1.807) is 19.1 Å². The Bertz CT molecular complexity index is 1830. The first-order chi connectivity index (χ1) is 25.7. The highest BCUT2D eigenvalue weighted by Crippen LogP contribution is 2.38. The lowest BCUT2D eigenvalue weighted by molar-refractivity contribution is -0.120. The molecule has 1 saturated carbocycles. The molecule has 0 bridgehead atoms. The van der Waals surface area contributed by atoms with Crippen molar-refractivity contribution < 1.29 is 41.1 Å². The minimum absolute atomic E-state index is 0.0292. The van der Waals surface area contributed by atoms with E-state index in [9.17, 15) is 27.6 Å². The second kappa shape index (κ2) is 17.8. The maximum absolute atomic E-state index is 15.7. The summed E-state index contributed by atoms with van der Waals surface area (Å²) in [6.45, 7) is 16.6. The number of ether oxygens (including phenoxy) is 1. The number of rotatable bonds is 12. The predicted octanol–water partition coefficient (Wildman–Crippen LogP) is 6.80. The number of aryl methyl sites for hydroxylation is 1. The van der Waals surface area contributed by atoms with Gasteiger partial charge in [-0.15, -0.1) is 0 Å². The number of hydrogen-bond acceptors (Lipinski definition) is 8. The average molecular weight is 804 g/mol. The van der Waals surface area contributed by atoms with Crippen LogP contribution in [0.5, 0.6) is 0 Å². The Morgan fingerprint density at radius 2 is 1.71 bits per heavy atom. The Labute approximate surface area is 325 Å². The molecule has 304 valence electrons. The molecule has 4 rings (SSSR count). The Balaban J connectivity index is 1.57. The van der Waals surface area contributed by atoms with Gasteiger partial charge in [0.05, 0.1) is 28.4 Å². The number of nitrogens with zero attached hydrogens (tertiary/aromatic N) is 1. The topological polar surface area (TPSA) is 172 Å². The largest absolute Gasteiger partial charge is 0.447 e. The van der Waals surface area contributed by atoms with E-state index in [1.807, 2.05) is 26.0 Å². The Kier molecular flexibility index (Phi) is 14.2. The number of hydrogen-bond donors (Lipinski definition) is 4. The highest BCUT2D eigenvalue weighted by Gasteiger charge is 2.41. The molecule has 13 nitrogen and oxygen atoms in total. The molecule has 4 N–H and O–H groups in total. The number of benzene rings is 2. The molecule has 2 aromatic carbocycles. The predicted molar refractivity (Wildman–Crippen MR) is 211 cm³/mol. The molecular weight excluding hydrogens is 746 g/mol. The third-order valence-electron chi connectivity index (χ3n) is 11.0. The number of nitrogens with one attached hydrogen (secondary N) is 4. The molecule has 1 aliphatic carbocycles. The first-order valence-electron chi connectivity index (χ1n) is 19.1. The van der Waals surface area contributed by atoms with Gasteiger partial charge in [-0.2, -0.15) is 0 Å². The SMILES string of the molecule is CCCC(C)OC(=O)N[C@H]1CS(=O)(=O)c2cc(F)c(C(=O)NNC(=O)NC3(CCO[Si](C)(C)C(C)(C)C)CCCCC3)cc2N(Cc2ccc(C)cc2)C1=O. The molecule has 5 amide bonds. The van der Waals surface area contributed by atoms with Crippen molar-refractivity contribution in [3.05, 3.63) is 58.9 Å². The summed E-state index contributed by atoms with van der Waals surface area (Å²) in [5.74, 6) is -3.91. The molecule has 2 aromatic rings. The van der Waals surface area contributed by atoms with E-state index in [2.05, 4.69) is 55.4 Å². The van der Waals surface area contributed by atoms with Crippen molar-refractivity contribution in [1.82, 2.24) is 21.5 Å². The molecule has 2 atom stereocenters. The third-order valence-corrected chi connectivity index (χ3v) is 17.3. The van der Waals surface area contributed by atoms with Crippen LogP contribution in [-0.2, 0) is 30.3 Å².